The van der Waals surface area contributed by atoms with E-state index in [1.165, 1.54) is 21.5 Å². The van der Waals surface area contributed by atoms with Gasteiger partial charge in [0.1, 0.15) is 0 Å². The van der Waals surface area contributed by atoms with Gasteiger partial charge in [-0.05, 0) is 57.0 Å². The van der Waals surface area contributed by atoms with E-state index < -0.39 is 0 Å². The molecule has 1 fully saturated rings. The number of carbonyl (C=O) groups is 1. The summed E-state index contributed by atoms with van der Waals surface area (Å²) >= 11 is 0. The first-order chi connectivity index (χ1) is 14.3. The number of Topliss-reactive ketones (excluding diaryl/α,β-unsaturated/α-hetero) is 1. The van der Waals surface area contributed by atoms with Gasteiger partial charge in [-0.2, -0.15) is 0 Å². The fraction of sp³-hybridized carbons (Fsp3) is 0.0741. The van der Waals surface area contributed by atoms with Crippen molar-refractivity contribution in [2.24, 2.45) is 0 Å². The Hall–Kier alpha value is -3.49. The number of ketones is 1. The molecule has 140 valence electrons. The van der Waals surface area contributed by atoms with Gasteiger partial charge < -0.3 is 5.32 Å². The van der Waals surface area contributed by atoms with Crippen LogP contribution in [-0.4, -0.2) is 18.9 Å². The fourth-order valence-corrected chi connectivity index (χ4v) is 3.93. The van der Waals surface area contributed by atoms with E-state index in [4.69, 9.17) is 0 Å². The van der Waals surface area contributed by atoms with E-state index in [0.717, 1.165) is 22.3 Å². The van der Waals surface area contributed by atoms with Gasteiger partial charge in [0.05, 0.1) is 0 Å². The Bertz CT molecular complexity index is 1200. The number of piperidine rings is 1. The van der Waals surface area contributed by atoms with Crippen LogP contribution in [0.2, 0.25) is 0 Å². The molecule has 4 aromatic carbocycles. The molecule has 5 rings (SSSR count). The van der Waals surface area contributed by atoms with Gasteiger partial charge in [0, 0.05) is 24.2 Å². The molecule has 1 N–H and O–H groups in total. The molecule has 1 aliphatic heterocycles. The van der Waals surface area contributed by atoms with E-state index in [0.29, 0.717) is 13.1 Å². The molecule has 0 amide bonds. The molecule has 4 aromatic rings. The second-order valence-corrected chi connectivity index (χ2v) is 7.49. The number of carbonyl (C=O) groups excluding carboxylic acids is 1. The topological polar surface area (TPSA) is 29.1 Å². The average molecular weight is 375 g/mol. The van der Waals surface area contributed by atoms with Crippen molar-refractivity contribution in [3.05, 3.63) is 107 Å². The lowest BCUT2D eigenvalue weighted by atomic mass is 9.94. The number of hydrogen-bond acceptors (Lipinski definition) is 2. The maximum atomic E-state index is 13.1. The van der Waals surface area contributed by atoms with Gasteiger partial charge in [-0.15, -0.1) is 0 Å². The number of hydrogen-bond donors (Lipinski definition) is 1. The molecule has 2 heteroatoms. The third-order valence-electron chi connectivity index (χ3n) is 5.44. The number of rotatable bonds is 2. The molecule has 0 saturated carbocycles. The first-order valence-corrected chi connectivity index (χ1v) is 9.90. The first kappa shape index (κ1) is 17.6. The summed E-state index contributed by atoms with van der Waals surface area (Å²) in [4.78, 5) is 13.1. The van der Waals surface area contributed by atoms with Crippen molar-refractivity contribution in [3.8, 4) is 0 Å². The molecule has 29 heavy (non-hydrogen) atoms. The minimum atomic E-state index is 0.130. The molecular weight excluding hydrogens is 354 g/mol. The van der Waals surface area contributed by atoms with E-state index in [1.54, 1.807) is 0 Å². The molecule has 0 aliphatic carbocycles. The third kappa shape index (κ3) is 3.63. The number of nitrogens with one attached hydrogen (secondary N) is 1. The summed E-state index contributed by atoms with van der Waals surface area (Å²) in [6.07, 6.45) is 4.02. The van der Waals surface area contributed by atoms with Crippen LogP contribution in [0.5, 0.6) is 0 Å². The highest BCUT2D eigenvalue weighted by Crippen LogP contribution is 2.22. The van der Waals surface area contributed by atoms with Crippen molar-refractivity contribution in [1.82, 2.24) is 5.32 Å². The standard InChI is InChI=1S/C27H21NO/c29-27-25(15-19-9-11-21-5-1-3-7-23(21)13-19)17-28-18-26(27)16-20-10-12-22-6-2-4-8-24(22)14-20/h1-16,28H,17-18H2/b25-15+,26-16+. The summed E-state index contributed by atoms with van der Waals surface area (Å²) in [5, 5.41) is 8.16. The molecule has 0 radical (unpaired) electrons. The van der Waals surface area contributed by atoms with Crippen LogP contribution in [0.4, 0.5) is 0 Å². The van der Waals surface area contributed by atoms with E-state index in [1.807, 2.05) is 36.4 Å². The molecule has 0 spiro atoms. The molecule has 0 bridgehead atoms. The van der Waals surface area contributed by atoms with Gasteiger partial charge in [0.15, 0.2) is 5.78 Å². The van der Waals surface area contributed by atoms with Crippen LogP contribution >= 0.6 is 0 Å². The molecule has 0 aromatic heterocycles. The van der Waals surface area contributed by atoms with Crippen LogP contribution in [0.1, 0.15) is 11.1 Å². The second kappa shape index (κ2) is 7.50. The highest BCUT2D eigenvalue weighted by atomic mass is 16.1. The monoisotopic (exact) mass is 375 g/mol. The summed E-state index contributed by atoms with van der Waals surface area (Å²) in [5.41, 5.74) is 3.72. The molecule has 1 heterocycles. The van der Waals surface area contributed by atoms with Crippen molar-refractivity contribution >= 4 is 39.5 Å². The second-order valence-electron chi connectivity index (χ2n) is 7.49. The number of fused-ring (bicyclic) bond motifs is 2. The van der Waals surface area contributed by atoms with E-state index >= 15 is 0 Å². The third-order valence-corrected chi connectivity index (χ3v) is 5.44. The maximum Gasteiger partial charge on any atom is 0.187 e. The minimum absolute atomic E-state index is 0.130. The van der Waals surface area contributed by atoms with Gasteiger partial charge >= 0.3 is 0 Å². The molecule has 1 saturated heterocycles. The zero-order chi connectivity index (χ0) is 19.6. The quantitative estimate of drug-likeness (QED) is 0.460. The van der Waals surface area contributed by atoms with Gasteiger partial charge in [-0.1, -0.05) is 72.8 Å². The predicted octanol–water partition coefficient (Wildman–Crippen LogP) is 5.63. The van der Waals surface area contributed by atoms with Gasteiger partial charge in [0.2, 0.25) is 0 Å². The maximum absolute atomic E-state index is 13.1. The summed E-state index contributed by atoms with van der Waals surface area (Å²) in [5.74, 6) is 0.130. The Morgan fingerprint density at radius 2 is 1.03 bits per heavy atom. The lowest BCUT2D eigenvalue weighted by Gasteiger charge is -2.18. The summed E-state index contributed by atoms with van der Waals surface area (Å²) in [7, 11) is 0. The Kier molecular flexibility index (Phi) is 4.55. The first-order valence-electron chi connectivity index (χ1n) is 9.90. The average Bonchev–Trinajstić information content (AvgIpc) is 2.76. The molecule has 1 aliphatic rings. The van der Waals surface area contributed by atoms with Crippen molar-refractivity contribution in [2.45, 2.75) is 0 Å². The Balaban J connectivity index is 1.47. The van der Waals surface area contributed by atoms with Crippen LogP contribution in [0, 0.1) is 0 Å². The van der Waals surface area contributed by atoms with Crippen molar-refractivity contribution in [1.29, 1.82) is 0 Å². The van der Waals surface area contributed by atoms with Crippen LogP contribution < -0.4 is 5.32 Å². The lowest BCUT2D eigenvalue weighted by molar-refractivity contribution is -0.112. The van der Waals surface area contributed by atoms with E-state index in [-0.39, 0.29) is 5.78 Å². The van der Waals surface area contributed by atoms with Crippen LogP contribution in [0.3, 0.4) is 0 Å². The van der Waals surface area contributed by atoms with Crippen LogP contribution in [0.15, 0.2) is 96.1 Å². The largest absolute Gasteiger partial charge is 0.308 e. The zero-order valence-electron chi connectivity index (χ0n) is 16.1. The van der Waals surface area contributed by atoms with Crippen LogP contribution in [0.25, 0.3) is 33.7 Å². The zero-order valence-corrected chi connectivity index (χ0v) is 16.1. The molecule has 2 nitrogen and oxygen atoms in total. The SMILES string of the molecule is O=C1/C(=C/c2ccc3ccccc3c2)CNC/C1=C\c1ccc2ccccc2c1. The fourth-order valence-electron chi connectivity index (χ4n) is 3.93. The lowest BCUT2D eigenvalue weighted by Crippen LogP contribution is -2.32. The Morgan fingerprint density at radius 1 is 0.586 bits per heavy atom. The van der Waals surface area contributed by atoms with E-state index in [9.17, 15) is 4.79 Å². The van der Waals surface area contributed by atoms with Crippen molar-refractivity contribution in [3.63, 3.8) is 0 Å². The highest BCUT2D eigenvalue weighted by Gasteiger charge is 2.20. The van der Waals surface area contributed by atoms with Crippen molar-refractivity contribution < 1.29 is 4.79 Å². The normalized spacial score (nSPS) is 17.4. The van der Waals surface area contributed by atoms with Gasteiger partial charge in [0.25, 0.3) is 0 Å². The summed E-state index contributed by atoms with van der Waals surface area (Å²) in [6, 6.07) is 29.2. The van der Waals surface area contributed by atoms with Gasteiger partial charge in [-0.25, -0.2) is 0 Å². The molecule has 0 atom stereocenters. The molecule has 0 unspecified atom stereocenters. The summed E-state index contributed by atoms with van der Waals surface area (Å²) in [6.45, 7) is 1.20. The van der Waals surface area contributed by atoms with E-state index in [2.05, 4.69) is 66.0 Å². The Morgan fingerprint density at radius 3 is 1.52 bits per heavy atom. The van der Waals surface area contributed by atoms with Crippen molar-refractivity contribution in [2.75, 3.05) is 13.1 Å². The summed E-state index contributed by atoms with van der Waals surface area (Å²) < 4.78 is 0. The highest BCUT2D eigenvalue weighted by molar-refractivity contribution is 6.14. The van der Waals surface area contributed by atoms with Gasteiger partial charge in [-0.3, -0.25) is 4.79 Å². The van der Waals surface area contributed by atoms with Crippen LogP contribution in [-0.2, 0) is 4.79 Å². The number of benzene rings is 4. The Labute approximate surface area is 170 Å². The predicted molar refractivity (Wildman–Crippen MR) is 122 cm³/mol. The minimum Gasteiger partial charge on any atom is -0.308 e. The smallest absolute Gasteiger partial charge is 0.187 e. The molecular formula is C27H21NO.